The van der Waals surface area contributed by atoms with E-state index in [1.54, 1.807) is 26.3 Å². The Morgan fingerprint density at radius 3 is 2.45 bits per heavy atom. The second kappa shape index (κ2) is 10.4. The molecule has 0 fully saturated rings. The lowest BCUT2D eigenvalue weighted by Gasteiger charge is -2.11. The highest BCUT2D eigenvalue weighted by Gasteiger charge is 2.01. The Bertz CT molecular complexity index is 435. The first kappa shape index (κ1) is 18.7. The predicted octanol–water partition coefficient (Wildman–Crippen LogP) is 0.715. The Morgan fingerprint density at radius 1 is 1.30 bits per heavy atom. The first-order chi connectivity index (χ1) is 9.17. The number of nitrogens with zero attached hydrogens (tertiary/aromatic N) is 1. The van der Waals surface area contributed by atoms with Gasteiger partial charge in [0.05, 0.1) is 6.61 Å². The van der Waals surface area contributed by atoms with Crippen LogP contribution in [-0.4, -0.2) is 39.2 Å². The molecule has 0 radical (unpaired) electrons. The van der Waals surface area contributed by atoms with Crippen LogP contribution in [-0.2, 0) is 11.3 Å². The number of halogens is 1. The topological polar surface area (TPSA) is 88.7 Å². The van der Waals surface area contributed by atoms with Gasteiger partial charge in [-0.25, -0.2) is 0 Å². The van der Waals surface area contributed by atoms with Crippen LogP contribution < -0.4 is 16.4 Å². The van der Waals surface area contributed by atoms with Crippen molar-refractivity contribution < 1.29 is 9.53 Å². The fourth-order valence-corrected chi connectivity index (χ4v) is 1.46. The van der Waals surface area contributed by atoms with E-state index in [1.807, 2.05) is 12.1 Å². The molecule has 0 heterocycles. The number of rotatable bonds is 6. The van der Waals surface area contributed by atoms with Crippen molar-refractivity contribution in [1.82, 2.24) is 10.6 Å². The van der Waals surface area contributed by atoms with E-state index < -0.39 is 5.91 Å². The lowest BCUT2D eigenvalue weighted by Crippen LogP contribution is -2.38. The minimum absolute atomic E-state index is 0. The largest absolute Gasteiger partial charge is 0.383 e. The molecular formula is C13H21IN4O2. The molecule has 0 aliphatic heterocycles. The normalized spacial score (nSPS) is 10.6. The van der Waals surface area contributed by atoms with Crippen molar-refractivity contribution in [2.24, 2.45) is 10.7 Å². The Morgan fingerprint density at radius 2 is 1.95 bits per heavy atom. The molecule has 0 saturated carbocycles. The van der Waals surface area contributed by atoms with Crippen molar-refractivity contribution in [3.8, 4) is 0 Å². The van der Waals surface area contributed by atoms with Gasteiger partial charge in [0, 0.05) is 32.8 Å². The van der Waals surface area contributed by atoms with E-state index in [2.05, 4.69) is 15.6 Å². The second-order valence-electron chi connectivity index (χ2n) is 3.91. The third-order valence-electron chi connectivity index (χ3n) is 2.52. The van der Waals surface area contributed by atoms with E-state index in [0.29, 0.717) is 31.2 Å². The third kappa shape index (κ3) is 6.71. The van der Waals surface area contributed by atoms with Crippen molar-refractivity contribution in [2.45, 2.75) is 6.54 Å². The summed E-state index contributed by atoms with van der Waals surface area (Å²) in [6.45, 7) is 1.93. The van der Waals surface area contributed by atoms with Crippen LogP contribution >= 0.6 is 24.0 Å². The zero-order valence-electron chi connectivity index (χ0n) is 11.7. The molecule has 4 N–H and O–H groups in total. The van der Waals surface area contributed by atoms with Gasteiger partial charge in [-0.2, -0.15) is 0 Å². The molecule has 112 valence electrons. The molecule has 0 unspecified atom stereocenters. The van der Waals surface area contributed by atoms with Crippen molar-refractivity contribution in [3.05, 3.63) is 35.4 Å². The first-order valence-corrected chi connectivity index (χ1v) is 5.99. The van der Waals surface area contributed by atoms with Crippen LogP contribution in [0, 0.1) is 0 Å². The van der Waals surface area contributed by atoms with Gasteiger partial charge < -0.3 is 21.1 Å². The zero-order chi connectivity index (χ0) is 14.1. The quantitative estimate of drug-likeness (QED) is 0.288. The van der Waals surface area contributed by atoms with E-state index in [9.17, 15) is 4.79 Å². The lowest BCUT2D eigenvalue weighted by molar-refractivity contribution is 0.100. The molecule has 0 atom stereocenters. The zero-order valence-corrected chi connectivity index (χ0v) is 14.0. The number of benzene rings is 1. The summed E-state index contributed by atoms with van der Waals surface area (Å²) < 4.78 is 4.95. The molecule has 0 aromatic heterocycles. The number of guanidine groups is 1. The molecular weight excluding hydrogens is 371 g/mol. The van der Waals surface area contributed by atoms with Crippen LogP contribution in [0.2, 0.25) is 0 Å². The van der Waals surface area contributed by atoms with Gasteiger partial charge in [-0.3, -0.25) is 9.79 Å². The van der Waals surface area contributed by atoms with Crippen molar-refractivity contribution in [1.29, 1.82) is 0 Å². The van der Waals surface area contributed by atoms with Crippen LogP contribution in [0.5, 0.6) is 0 Å². The minimum Gasteiger partial charge on any atom is -0.383 e. The van der Waals surface area contributed by atoms with Gasteiger partial charge in [0.2, 0.25) is 5.91 Å². The molecule has 7 heteroatoms. The van der Waals surface area contributed by atoms with Gasteiger partial charge in [0.15, 0.2) is 5.96 Å². The van der Waals surface area contributed by atoms with Crippen LogP contribution in [0.25, 0.3) is 0 Å². The number of carbonyl (C=O) groups is 1. The van der Waals surface area contributed by atoms with E-state index >= 15 is 0 Å². The summed E-state index contributed by atoms with van der Waals surface area (Å²) in [6.07, 6.45) is 0. The van der Waals surface area contributed by atoms with Crippen LogP contribution in [0.3, 0.4) is 0 Å². The Kier molecular flexibility index (Phi) is 9.73. The average molecular weight is 392 g/mol. The molecule has 0 saturated heterocycles. The van der Waals surface area contributed by atoms with Crippen molar-refractivity contribution in [3.63, 3.8) is 0 Å². The summed E-state index contributed by atoms with van der Waals surface area (Å²) >= 11 is 0. The molecule has 1 aromatic rings. The first-order valence-electron chi connectivity index (χ1n) is 5.99. The molecule has 0 bridgehead atoms. The highest BCUT2D eigenvalue weighted by molar-refractivity contribution is 14.0. The maximum Gasteiger partial charge on any atom is 0.248 e. The SMILES string of the molecule is CN=C(NCCOC)NCc1ccc(C(N)=O)cc1.I. The number of nitrogens with two attached hydrogens (primary N) is 1. The molecule has 1 rings (SSSR count). The third-order valence-corrected chi connectivity index (χ3v) is 2.52. The molecule has 0 aliphatic carbocycles. The maximum atomic E-state index is 10.9. The number of nitrogens with one attached hydrogen (secondary N) is 2. The summed E-state index contributed by atoms with van der Waals surface area (Å²) in [4.78, 5) is 15.0. The van der Waals surface area contributed by atoms with Gasteiger partial charge in [0.1, 0.15) is 0 Å². The minimum atomic E-state index is -0.420. The smallest absolute Gasteiger partial charge is 0.248 e. The van der Waals surface area contributed by atoms with Crippen molar-refractivity contribution in [2.75, 3.05) is 27.3 Å². The second-order valence-corrected chi connectivity index (χ2v) is 3.91. The van der Waals surface area contributed by atoms with Crippen LogP contribution in [0.15, 0.2) is 29.3 Å². The number of ether oxygens (including phenoxy) is 1. The Labute approximate surface area is 136 Å². The molecule has 20 heavy (non-hydrogen) atoms. The number of primary amides is 1. The van der Waals surface area contributed by atoms with Gasteiger partial charge in [0.25, 0.3) is 0 Å². The number of hydrogen-bond donors (Lipinski definition) is 3. The predicted molar refractivity (Wildman–Crippen MR) is 90.5 cm³/mol. The van der Waals surface area contributed by atoms with Crippen molar-refractivity contribution >= 4 is 35.8 Å². The summed E-state index contributed by atoms with van der Waals surface area (Å²) in [7, 11) is 3.36. The number of hydrogen-bond acceptors (Lipinski definition) is 3. The number of amides is 1. The standard InChI is InChI=1S/C13H20N4O2.HI/c1-15-13(16-7-8-19-2)17-9-10-3-5-11(6-4-10)12(14)18;/h3-6H,7-9H2,1-2H3,(H2,14,18)(H2,15,16,17);1H. The molecule has 1 amide bonds. The Hall–Kier alpha value is -1.35. The summed E-state index contributed by atoms with van der Waals surface area (Å²) in [6, 6.07) is 7.13. The Balaban J connectivity index is 0.00000361. The van der Waals surface area contributed by atoms with Crippen LogP contribution in [0.1, 0.15) is 15.9 Å². The number of carbonyl (C=O) groups excluding carboxylic acids is 1. The monoisotopic (exact) mass is 392 g/mol. The molecule has 0 aliphatic rings. The van der Waals surface area contributed by atoms with Gasteiger partial charge in [-0.15, -0.1) is 24.0 Å². The molecule has 0 spiro atoms. The average Bonchev–Trinajstić information content (AvgIpc) is 2.43. The van der Waals surface area contributed by atoms with Crippen LogP contribution in [0.4, 0.5) is 0 Å². The van der Waals surface area contributed by atoms with E-state index in [4.69, 9.17) is 10.5 Å². The number of methoxy groups -OCH3 is 1. The van der Waals surface area contributed by atoms with E-state index in [-0.39, 0.29) is 24.0 Å². The molecule has 6 nitrogen and oxygen atoms in total. The summed E-state index contributed by atoms with van der Waals surface area (Å²) in [5, 5.41) is 6.27. The van der Waals surface area contributed by atoms with Gasteiger partial charge >= 0.3 is 0 Å². The molecule has 1 aromatic carbocycles. The van der Waals surface area contributed by atoms with Gasteiger partial charge in [-0.1, -0.05) is 12.1 Å². The van der Waals surface area contributed by atoms with E-state index in [1.165, 1.54) is 0 Å². The highest BCUT2D eigenvalue weighted by atomic mass is 127. The number of aliphatic imine (C=N–C) groups is 1. The van der Waals surface area contributed by atoms with Gasteiger partial charge in [-0.05, 0) is 17.7 Å². The maximum absolute atomic E-state index is 10.9. The lowest BCUT2D eigenvalue weighted by atomic mass is 10.1. The fraction of sp³-hybridized carbons (Fsp3) is 0.385. The summed E-state index contributed by atoms with van der Waals surface area (Å²) in [5.74, 6) is 0.285. The fourth-order valence-electron chi connectivity index (χ4n) is 1.46. The van der Waals surface area contributed by atoms with E-state index in [0.717, 1.165) is 5.56 Å². The highest BCUT2D eigenvalue weighted by Crippen LogP contribution is 2.03. The summed E-state index contributed by atoms with van der Waals surface area (Å²) in [5.41, 5.74) is 6.73.